The molecule has 4 rings (SSSR count). The average Bonchev–Trinajstić information content (AvgIpc) is 3.22. The van der Waals surface area contributed by atoms with Crippen molar-refractivity contribution in [3.63, 3.8) is 0 Å². The van der Waals surface area contributed by atoms with E-state index in [-0.39, 0.29) is 0 Å². The fraction of sp³-hybridized carbons (Fsp3) is 0.310. The zero-order chi connectivity index (χ0) is 22.0. The summed E-state index contributed by atoms with van der Waals surface area (Å²) < 4.78 is 2.46. The molecule has 4 aromatic rings. The molecule has 164 valence electrons. The number of hydrogen-bond acceptors (Lipinski definition) is 2. The summed E-state index contributed by atoms with van der Waals surface area (Å²) in [5.74, 6) is 0.375. The highest BCUT2D eigenvalue weighted by molar-refractivity contribution is 5.87. The molecule has 0 N–H and O–H groups in total. The van der Waals surface area contributed by atoms with Crippen LogP contribution in [-0.2, 0) is 17.8 Å². The van der Waals surface area contributed by atoms with Gasteiger partial charge in [0.25, 0.3) is 0 Å². The van der Waals surface area contributed by atoms with Crippen molar-refractivity contribution in [3.8, 4) is 11.3 Å². The Morgan fingerprint density at radius 3 is 2.41 bits per heavy atom. The number of unbranched alkanes of at least 4 members (excludes halogenated alkanes) is 4. The van der Waals surface area contributed by atoms with Gasteiger partial charge in [0.15, 0.2) is 0 Å². The Kier molecular flexibility index (Phi) is 7.86. The molecule has 0 bridgehead atoms. The second kappa shape index (κ2) is 11.4. The van der Waals surface area contributed by atoms with E-state index in [1.807, 2.05) is 18.3 Å². The molecule has 0 aliphatic carbocycles. The topological polar surface area (TPSA) is 34.9 Å². The fourth-order valence-corrected chi connectivity index (χ4v) is 4.38. The van der Waals surface area contributed by atoms with Crippen LogP contribution in [-0.4, -0.2) is 15.3 Å². The molecule has 0 amide bonds. The first kappa shape index (κ1) is 22.0. The summed E-state index contributed by atoms with van der Waals surface area (Å²) in [5.41, 5.74) is 5.03. The van der Waals surface area contributed by atoms with Crippen molar-refractivity contribution in [2.75, 3.05) is 0 Å². The molecule has 2 heterocycles. The summed E-state index contributed by atoms with van der Waals surface area (Å²) in [5, 5.41) is 1.30. The van der Waals surface area contributed by atoms with Crippen molar-refractivity contribution in [1.82, 2.24) is 9.55 Å². The van der Waals surface area contributed by atoms with E-state index in [2.05, 4.69) is 70.2 Å². The lowest BCUT2D eigenvalue weighted by atomic mass is 10.0. The van der Waals surface area contributed by atoms with E-state index < -0.39 is 0 Å². The highest BCUT2D eigenvalue weighted by Gasteiger charge is 2.10. The summed E-state index contributed by atoms with van der Waals surface area (Å²) in [6.45, 7) is 1.03. The molecule has 0 atom stereocenters. The number of rotatable bonds is 12. The number of aromatic nitrogens is 2. The van der Waals surface area contributed by atoms with Crippen LogP contribution in [0.15, 0.2) is 85.2 Å². The molecule has 3 heteroatoms. The van der Waals surface area contributed by atoms with Gasteiger partial charge in [-0.3, -0.25) is 9.78 Å². The number of carbonyl (C=O) groups is 1. The Morgan fingerprint density at radius 2 is 1.56 bits per heavy atom. The normalized spacial score (nSPS) is 11.1. The van der Waals surface area contributed by atoms with Crippen molar-refractivity contribution >= 4 is 16.7 Å². The second-order valence-electron chi connectivity index (χ2n) is 8.52. The zero-order valence-corrected chi connectivity index (χ0v) is 18.7. The van der Waals surface area contributed by atoms with E-state index in [9.17, 15) is 4.79 Å². The van der Waals surface area contributed by atoms with Crippen LogP contribution in [0.25, 0.3) is 22.2 Å². The molecule has 3 nitrogen and oxygen atoms in total. The highest BCUT2D eigenvalue weighted by atomic mass is 16.1. The number of aryl methyl sites for hydroxylation is 2. The Morgan fingerprint density at radius 1 is 0.781 bits per heavy atom. The summed E-state index contributed by atoms with van der Waals surface area (Å²) in [7, 11) is 0. The Labute approximate surface area is 191 Å². The number of hydrogen-bond donors (Lipinski definition) is 0. The molecule has 32 heavy (non-hydrogen) atoms. The molecule has 2 aromatic carbocycles. The molecule has 0 radical (unpaired) electrons. The van der Waals surface area contributed by atoms with Crippen LogP contribution in [0.1, 0.15) is 50.5 Å². The smallest absolute Gasteiger partial charge is 0.133 e. The van der Waals surface area contributed by atoms with E-state index in [0.29, 0.717) is 18.6 Å². The van der Waals surface area contributed by atoms with Crippen molar-refractivity contribution in [2.45, 2.75) is 57.9 Å². The predicted octanol–water partition coefficient (Wildman–Crippen LogP) is 7.25. The Hall–Kier alpha value is -3.20. The van der Waals surface area contributed by atoms with Gasteiger partial charge in [-0.05, 0) is 48.6 Å². The number of para-hydroxylation sites is 1. The maximum Gasteiger partial charge on any atom is 0.133 e. The fourth-order valence-electron chi connectivity index (χ4n) is 4.38. The number of pyridine rings is 1. The minimum atomic E-state index is 0.375. The van der Waals surface area contributed by atoms with Crippen LogP contribution < -0.4 is 0 Å². The maximum atomic E-state index is 12.1. The molecular formula is C29H32N2O. The van der Waals surface area contributed by atoms with Gasteiger partial charge < -0.3 is 4.57 Å². The lowest BCUT2D eigenvalue weighted by Crippen LogP contribution is -2.01. The summed E-state index contributed by atoms with van der Waals surface area (Å²) in [6.07, 6.45) is 11.5. The molecule has 0 saturated heterocycles. The third kappa shape index (κ3) is 5.94. The van der Waals surface area contributed by atoms with Gasteiger partial charge in [0.1, 0.15) is 5.78 Å². The molecule has 0 unspecified atom stereocenters. The Balaban J connectivity index is 1.20. The van der Waals surface area contributed by atoms with Crippen LogP contribution in [0.3, 0.4) is 0 Å². The third-order valence-corrected chi connectivity index (χ3v) is 6.13. The van der Waals surface area contributed by atoms with Crippen molar-refractivity contribution in [2.24, 2.45) is 0 Å². The van der Waals surface area contributed by atoms with E-state index in [4.69, 9.17) is 0 Å². The van der Waals surface area contributed by atoms with E-state index in [0.717, 1.165) is 37.8 Å². The molecule has 0 spiro atoms. The first-order valence-electron chi connectivity index (χ1n) is 11.9. The number of Topliss-reactive ketones (excluding diaryl/α,β-unsaturated/α-hetero) is 1. The van der Waals surface area contributed by atoms with Crippen LogP contribution in [0.2, 0.25) is 0 Å². The van der Waals surface area contributed by atoms with Gasteiger partial charge >= 0.3 is 0 Å². The van der Waals surface area contributed by atoms with E-state index in [1.165, 1.54) is 35.0 Å². The summed E-state index contributed by atoms with van der Waals surface area (Å²) in [6, 6.07) is 25.6. The molecule has 0 aliphatic rings. The van der Waals surface area contributed by atoms with Gasteiger partial charge in [0.2, 0.25) is 0 Å². The van der Waals surface area contributed by atoms with Gasteiger partial charge in [-0.1, -0.05) is 73.9 Å². The van der Waals surface area contributed by atoms with Gasteiger partial charge in [0.05, 0.1) is 0 Å². The van der Waals surface area contributed by atoms with Gasteiger partial charge in [-0.2, -0.15) is 0 Å². The maximum absolute atomic E-state index is 12.1. The minimum Gasteiger partial charge on any atom is -0.340 e. The minimum absolute atomic E-state index is 0.375. The Bertz CT molecular complexity index is 1120. The first-order chi connectivity index (χ1) is 15.8. The van der Waals surface area contributed by atoms with Crippen molar-refractivity contribution in [3.05, 3.63) is 90.8 Å². The molecule has 0 aliphatic heterocycles. The summed E-state index contributed by atoms with van der Waals surface area (Å²) in [4.78, 5) is 16.2. The third-order valence-electron chi connectivity index (χ3n) is 6.13. The van der Waals surface area contributed by atoms with Gasteiger partial charge in [-0.25, -0.2) is 0 Å². The zero-order valence-electron chi connectivity index (χ0n) is 18.7. The quantitative estimate of drug-likeness (QED) is 0.225. The van der Waals surface area contributed by atoms with Gasteiger partial charge in [-0.15, -0.1) is 0 Å². The highest BCUT2D eigenvalue weighted by Crippen LogP contribution is 2.28. The van der Waals surface area contributed by atoms with E-state index >= 15 is 0 Å². The number of fused-ring (bicyclic) bond motifs is 1. The lowest BCUT2D eigenvalue weighted by molar-refractivity contribution is -0.119. The molecule has 0 saturated carbocycles. The first-order valence-corrected chi connectivity index (χ1v) is 11.9. The van der Waals surface area contributed by atoms with E-state index in [1.54, 1.807) is 6.20 Å². The predicted molar refractivity (Wildman–Crippen MR) is 133 cm³/mol. The van der Waals surface area contributed by atoms with Crippen LogP contribution in [0, 0.1) is 0 Å². The molecule has 0 fully saturated rings. The number of nitrogens with zero attached hydrogens (tertiary/aromatic N) is 2. The number of carbonyl (C=O) groups excluding carboxylic acids is 1. The summed E-state index contributed by atoms with van der Waals surface area (Å²) >= 11 is 0. The van der Waals surface area contributed by atoms with Crippen LogP contribution in [0.5, 0.6) is 0 Å². The van der Waals surface area contributed by atoms with Crippen molar-refractivity contribution < 1.29 is 4.79 Å². The second-order valence-corrected chi connectivity index (χ2v) is 8.52. The van der Waals surface area contributed by atoms with Crippen LogP contribution >= 0.6 is 0 Å². The average molecular weight is 425 g/mol. The largest absolute Gasteiger partial charge is 0.340 e. The van der Waals surface area contributed by atoms with Crippen molar-refractivity contribution in [1.29, 1.82) is 0 Å². The molecular weight excluding hydrogens is 392 g/mol. The molecule has 2 aromatic heterocycles. The SMILES string of the molecule is O=C(CCCCCCCn1c(-c2ccccc2)cc2ccccc21)CCc1cccnc1. The number of benzene rings is 2. The van der Waals surface area contributed by atoms with Crippen LogP contribution in [0.4, 0.5) is 0 Å². The lowest BCUT2D eigenvalue weighted by Gasteiger charge is -2.11. The van der Waals surface area contributed by atoms with Gasteiger partial charge in [0, 0.05) is 48.4 Å². The number of ketones is 1. The monoisotopic (exact) mass is 424 g/mol. The standard InChI is InChI=1S/C29H32N2O/c32-27(19-18-24-12-11-20-30-23-24)16-7-2-1-3-10-21-31-28-17-9-8-15-26(28)22-29(31)25-13-5-4-6-14-25/h4-6,8-9,11-15,17,20,22-23H,1-3,7,10,16,18-19,21H2.